The number of carboxylic acids is 1. The first-order chi connectivity index (χ1) is 7.19. The van der Waals surface area contributed by atoms with Crippen LogP contribution in [0.15, 0.2) is 0 Å². The minimum Gasteiger partial charge on any atom is -0.480 e. The highest BCUT2D eigenvalue weighted by Crippen LogP contribution is 2.11. The lowest BCUT2D eigenvalue weighted by atomic mass is 10.2. The highest BCUT2D eigenvalue weighted by Gasteiger charge is 2.28. The van der Waals surface area contributed by atoms with Gasteiger partial charge in [0.25, 0.3) is 0 Å². The highest BCUT2D eigenvalue weighted by molar-refractivity contribution is 5.80. The molecule has 0 rings (SSSR count). The van der Waals surface area contributed by atoms with Gasteiger partial charge in [0, 0.05) is 0 Å². The van der Waals surface area contributed by atoms with Gasteiger partial charge in [-0.25, -0.2) is 9.59 Å². The lowest BCUT2D eigenvalue weighted by Crippen LogP contribution is -2.45. The SMILES string of the molecule is C#CCN(C(=O)OC(C)(C)C)C(C)C(=O)O. The molecule has 0 aromatic heterocycles. The maximum Gasteiger partial charge on any atom is 0.411 e. The number of carbonyl (C=O) groups excluding carboxylic acids is 1. The molecular formula is C11H17NO4. The Balaban J connectivity index is 4.74. The number of nitrogens with zero attached hydrogens (tertiary/aromatic N) is 1. The molecule has 0 spiro atoms. The fourth-order valence-corrected chi connectivity index (χ4v) is 0.912. The zero-order chi connectivity index (χ0) is 12.9. The van der Waals surface area contributed by atoms with Crippen molar-refractivity contribution in [1.82, 2.24) is 4.90 Å². The van der Waals surface area contributed by atoms with Crippen LogP contribution >= 0.6 is 0 Å². The molecule has 16 heavy (non-hydrogen) atoms. The number of hydrogen-bond donors (Lipinski definition) is 1. The standard InChI is InChI=1S/C11H17NO4/c1-6-7-12(8(2)9(13)14)10(15)16-11(3,4)5/h1,8H,7H2,2-5H3,(H,13,14). The van der Waals surface area contributed by atoms with Crippen molar-refractivity contribution in [3.05, 3.63) is 0 Å². The molecule has 0 fully saturated rings. The minimum atomic E-state index is -1.12. The van der Waals surface area contributed by atoms with Gasteiger partial charge in [0.05, 0.1) is 6.54 Å². The number of ether oxygens (including phenoxy) is 1. The average molecular weight is 227 g/mol. The second-order valence-electron chi connectivity index (χ2n) is 4.33. The van der Waals surface area contributed by atoms with Crippen molar-refractivity contribution < 1.29 is 19.4 Å². The van der Waals surface area contributed by atoms with Crippen LogP contribution in [0.25, 0.3) is 0 Å². The number of rotatable bonds is 3. The Morgan fingerprint density at radius 3 is 2.31 bits per heavy atom. The molecule has 0 aromatic rings. The van der Waals surface area contributed by atoms with Gasteiger partial charge in [-0.05, 0) is 27.7 Å². The van der Waals surface area contributed by atoms with E-state index in [1.165, 1.54) is 6.92 Å². The molecule has 1 unspecified atom stereocenters. The van der Waals surface area contributed by atoms with E-state index in [-0.39, 0.29) is 6.54 Å². The van der Waals surface area contributed by atoms with Crippen molar-refractivity contribution in [2.45, 2.75) is 39.3 Å². The molecule has 0 aliphatic carbocycles. The minimum absolute atomic E-state index is 0.0949. The lowest BCUT2D eigenvalue weighted by Gasteiger charge is -2.28. The molecule has 0 aliphatic rings. The van der Waals surface area contributed by atoms with Crippen molar-refractivity contribution in [1.29, 1.82) is 0 Å². The van der Waals surface area contributed by atoms with E-state index in [1.807, 2.05) is 0 Å². The lowest BCUT2D eigenvalue weighted by molar-refractivity contribution is -0.142. The molecule has 0 heterocycles. The van der Waals surface area contributed by atoms with E-state index in [9.17, 15) is 9.59 Å². The summed E-state index contributed by atoms with van der Waals surface area (Å²) in [6, 6.07) is -1.01. The number of carbonyl (C=O) groups is 2. The second-order valence-corrected chi connectivity index (χ2v) is 4.33. The van der Waals surface area contributed by atoms with Crippen molar-refractivity contribution >= 4 is 12.1 Å². The molecule has 0 radical (unpaired) electrons. The first-order valence-corrected chi connectivity index (χ1v) is 4.85. The van der Waals surface area contributed by atoms with Gasteiger partial charge in [0.1, 0.15) is 11.6 Å². The van der Waals surface area contributed by atoms with Gasteiger partial charge in [-0.15, -0.1) is 6.42 Å². The van der Waals surface area contributed by atoms with Crippen LogP contribution in [0.2, 0.25) is 0 Å². The van der Waals surface area contributed by atoms with E-state index in [0.717, 1.165) is 4.90 Å². The summed E-state index contributed by atoms with van der Waals surface area (Å²) >= 11 is 0. The van der Waals surface area contributed by atoms with Gasteiger partial charge < -0.3 is 9.84 Å². The Hall–Kier alpha value is -1.70. The summed E-state index contributed by atoms with van der Waals surface area (Å²) in [5, 5.41) is 8.81. The normalized spacial score (nSPS) is 12.4. The molecule has 1 atom stereocenters. The molecule has 1 N–H and O–H groups in total. The summed E-state index contributed by atoms with van der Waals surface area (Å²) in [5.74, 6) is 1.11. The van der Waals surface area contributed by atoms with E-state index in [1.54, 1.807) is 20.8 Å². The number of amides is 1. The van der Waals surface area contributed by atoms with Gasteiger partial charge >= 0.3 is 12.1 Å². The molecule has 0 saturated carbocycles. The van der Waals surface area contributed by atoms with E-state index in [2.05, 4.69) is 5.92 Å². The number of terminal acetylenes is 1. The summed E-state index contributed by atoms with van der Waals surface area (Å²) in [5.41, 5.74) is -0.678. The van der Waals surface area contributed by atoms with Crippen LogP contribution in [0.4, 0.5) is 4.79 Å². The molecule has 90 valence electrons. The fourth-order valence-electron chi connectivity index (χ4n) is 0.912. The third-order valence-corrected chi connectivity index (χ3v) is 1.71. The Morgan fingerprint density at radius 1 is 1.50 bits per heavy atom. The van der Waals surface area contributed by atoms with E-state index in [4.69, 9.17) is 16.3 Å². The van der Waals surface area contributed by atoms with Gasteiger partial charge in [0.2, 0.25) is 0 Å². The second kappa shape index (κ2) is 5.40. The van der Waals surface area contributed by atoms with Gasteiger partial charge in [-0.3, -0.25) is 4.90 Å². The molecule has 0 aromatic carbocycles. The van der Waals surface area contributed by atoms with Crippen LogP contribution in [0.1, 0.15) is 27.7 Å². The Morgan fingerprint density at radius 2 is 2.00 bits per heavy atom. The molecule has 0 bridgehead atoms. The maximum absolute atomic E-state index is 11.6. The van der Waals surface area contributed by atoms with Crippen molar-refractivity contribution in [3.63, 3.8) is 0 Å². The molecule has 0 saturated heterocycles. The van der Waals surface area contributed by atoms with E-state index in [0.29, 0.717) is 0 Å². The average Bonchev–Trinajstić information content (AvgIpc) is 2.09. The van der Waals surface area contributed by atoms with Crippen LogP contribution in [0.3, 0.4) is 0 Å². The quantitative estimate of drug-likeness (QED) is 0.738. The summed E-state index contributed by atoms with van der Waals surface area (Å²) in [6.45, 7) is 6.38. The zero-order valence-electron chi connectivity index (χ0n) is 9.98. The van der Waals surface area contributed by atoms with E-state index >= 15 is 0 Å². The number of hydrogen-bond acceptors (Lipinski definition) is 3. The first-order valence-electron chi connectivity index (χ1n) is 4.85. The summed E-state index contributed by atoms with van der Waals surface area (Å²) in [4.78, 5) is 23.4. The van der Waals surface area contributed by atoms with Gasteiger partial charge in [-0.1, -0.05) is 5.92 Å². The zero-order valence-corrected chi connectivity index (χ0v) is 9.98. The summed E-state index contributed by atoms with van der Waals surface area (Å²) in [7, 11) is 0. The summed E-state index contributed by atoms with van der Waals surface area (Å²) < 4.78 is 5.05. The molecule has 5 nitrogen and oxygen atoms in total. The van der Waals surface area contributed by atoms with Crippen LogP contribution in [0, 0.1) is 12.3 Å². The largest absolute Gasteiger partial charge is 0.480 e. The molecule has 0 aliphatic heterocycles. The van der Waals surface area contributed by atoms with Crippen molar-refractivity contribution in [2.75, 3.05) is 6.54 Å². The molecule has 5 heteroatoms. The van der Waals surface area contributed by atoms with Crippen molar-refractivity contribution in [3.8, 4) is 12.3 Å². The predicted octanol–water partition coefficient (Wildman–Crippen LogP) is 1.33. The third kappa shape index (κ3) is 4.69. The van der Waals surface area contributed by atoms with Gasteiger partial charge in [0.15, 0.2) is 0 Å². The third-order valence-electron chi connectivity index (χ3n) is 1.71. The first kappa shape index (κ1) is 14.3. The Kier molecular flexibility index (Phi) is 4.83. The Bertz CT molecular complexity index is 311. The fraction of sp³-hybridized carbons (Fsp3) is 0.636. The number of carboxylic acid groups (broad SMARTS) is 1. The Labute approximate surface area is 95.4 Å². The topological polar surface area (TPSA) is 66.8 Å². The van der Waals surface area contributed by atoms with Crippen LogP contribution < -0.4 is 0 Å². The van der Waals surface area contributed by atoms with Gasteiger partial charge in [-0.2, -0.15) is 0 Å². The smallest absolute Gasteiger partial charge is 0.411 e. The summed E-state index contributed by atoms with van der Waals surface area (Å²) in [6.07, 6.45) is 4.35. The van der Waals surface area contributed by atoms with E-state index < -0.39 is 23.7 Å². The molecule has 1 amide bonds. The predicted molar refractivity (Wildman–Crippen MR) is 58.9 cm³/mol. The van der Waals surface area contributed by atoms with Crippen LogP contribution in [0.5, 0.6) is 0 Å². The van der Waals surface area contributed by atoms with Crippen LogP contribution in [-0.2, 0) is 9.53 Å². The number of aliphatic carboxylic acids is 1. The highest BCUT2D eigenvalue weighted by atomic mass is 16.6. The van der Waals surface area contributed by atoms with Crippen LogP contribution in [-0.4, -0.2) is 40.3 Å². The maximum atomic E-state index is 11.6. The molecular weight excluding hydrogens is 210 g/mol. The van der Waals surface area contributed by atoms with Crippen molar-refractivity contribution in [2.24, 2.45) is 0 Å². The monoisotopic (exact) mass is 227 g/mol.